The largest absolute Gasteiger partial charge is 0.348 e. The highest BCUT2D eigenvalue weighted by Gasteiger charge is 2.24. The van der Waals surface area contributed by atoms with Crippen molar-refractivity contribution >= 4 is 26.8 Å². The number of amides is 1. The van der Waals surface area contributed by atoms with Gasteiger partial charge in [0.2, 0.25) is 10.0 Å². The van der Waals surface area contributed by atoms with Crippen LogP contribution in [0.4, 0.5) is 0 Å². The molecule has 1 amide bonds. The maximum atomic E-state index is 13.0. The number of nitrogens with zero attached hydrogens (tertiary/aromatic N) is 1. The van der Waals surface area contributed by atoms with Crippen molar-refractivity contribution < 1.29 is 13.2 Å². The first kappa shape index (κ1) is 21.9. The Morgan fingerprint density at radius 3 is 2.43 bits per heavy atom. The molecule has 0 unspecified atom stereocenters. The maximum absolute atomic E-state index is 13.0. The third kappa shape index (κ3) is 5.04. The van der Waals surface area contributed by atoms with Crippen LogP contribution in [0.15, 0.2) is 53.4 Å². The molecular weight excluding hydrogens is 398 g/mol. The van der Waals surface area contributed by atoms with E-state index in [-0.39, 0.29) is 17.3 Å². The van der Waals surface area contributed by atoms with Crippen LogP contribution in [0.2, 0.25) is 0 Å². The zero-order valence-corrected chi connectivity index (χ0v) is 18.7. The molecule has 0 aliphatic heterocycles. The van der Waals surface area contributed by atoms with Gasteiger partial charge in [-0.1, -0.05) is 29.8 Å². The van der Waals surface area contributed by atoms with Crippen LogP contribution in [0.5, 0.6) is 0 Å². The van der Waals surface area contributed by atoms with Crippen LogP contribution in [0, 0.1) is 13.8 Å². The van der Waals surface area contributed by atoms with Crippen LogP contribution in [0.25, 0.3) is 10.9 Å². The first-order chi connectivity index (χ1) is 14.0. The third-order valence-electron chi connectivity index (χ3n) is 4.48. The van der Waals surface area contributed by atoms with Gasteiger partial charge in [0.25, 0.3) is 5.91 Å². The lowest BCUT2D eigenvalue weighted by molar-refractivity contribution is 0.0952. The highest BCUT2D eigenvalue weighted by molar-refractivity contribution is 7.89. The molecule has 6 nitrogen and oxygen atoms in total. The van der Waals surface area contributed by atoms with Gasteiger partial charge in [0.15, 0.2) is 0 Å². The molecule has 0 bridgehead atoms. The summed E-state index contributed by atoms with van der Waals surface area (Å²) in [4.78, 5) is 17.6. The Morgan fingerprint density at radius 2 is 1.73 bits per heavy atom. The van der Waals surface area contributed by atoms with E-state index in [9.17, 15) is 13.2 Å². The van der Waals surface area contributed by atoms with E-state index in [2.05, 4.69) is 15.0 Å². The van der Waals surface area contributed by atoms with Gasteiger partial charge >= 0.3 is 0 Å². The lowest BCUT2D eigenvalue weighted by atomic mass is 10.0. The van der Waals surface area contributed by atoms with Crippen molar-refractivity contribution in [2.45, 2.75) is 51.6 Å². The molecule has 0 radical (unpaired) electrons. The minimum absolute atomic E-state index is 0.0920. The SMILES string of the molecule is Cc1ccc2nc(C)cc(C(=O)NCc3ccccc3S(=O)(=O)NC(C)(C)C)c2c1. The maximum Gasteiger partial charge on any atom is 0.252 e. The van der Waals surface area contributed by atoms with E-state index in [4.69, 9.17) is 0 Å². The van der Waals surface area contributed by atoms with Gasteiger partial charge in [0.1, 0.15) is 0 Å². The topological polar surface area (TPSA) is 88.2 Å². The molecule has 0 saturated heterocycles. The number of sulfonamides is 1. The summed E-state index contributed by atoms with van der Waals surface area (Å²) in [6.45, 7) is 9.25. The normalized spacial score (nSPS) is 12.2. The molecule has 30 heavy (non-hydrogen) atoms. The number of aromatic nitrogens is 1. The van der Waals surface area contributed by atoms with Crippen molar-refractivity contribution in [1.82, 2.24) is 15.0 Å². The fourth-order valence-corrected chi connectivity index (χ4v) is 4.96. The molecule has 3 aromatic rings. The molecule has 158 valence electrons. The van der Waals surface area contributed by atoms with E-state index in [1.165, 1.54) is 0 Å². The Balaban J connectivity index is 1.90. The van der Waals surface area contributed by atoms with E-state index >= 15 is 0 Å². The Morgan fingerprint density at radius 1 is 1.03 bits per heavy atom. The molecule has 0 fully saturated rings. The third-order valence-corrected chi connectivity index (χ3v) is 6.34. The lowest BCUT2D eigenvalue weighted by Gasteiger charge is -2.21. The van der Waals surface area contributed by atoms with Crippen molar-refractivity contribution in [2.24, 2.45) is 0 Å². The monoisotopic (exact) mass is 425 g/mol. The van der Waals surface area contributed by atoms with Gasteiger partial charge in [-0.2, -0.15) is 0 Å². The number of hydrogen-bond donors (Lipinski definition) is 2. The molecule has 7 heteroatoms. The minimum Gasteiger partial charge on any atom is -0.348 e. The lowest BCUT2D eigenvalue weighted by Crippen LogP contribution is -2.41. The number of fused-ring (bicyclic) bond motifs is 1. The standard InChI is InChI=1S/C23H27N3O3S/c1-15-10-11-20-18(12-15)19(13-16(2)25-20)22(27)24-14-17-8-6-7-9-21(17)30(28,29)26-23(3,4)5/h6-13,26H,14H2,1-5H3,(H,24,27). The Labute approximate surface area is 177 Å². The summed E-state index contributed by atoms with van der Waals surface area (Å²) in [5.74, 6) is -0.271. The van der Waals surface area contributed by atoms with Crippen molar-refractivity contribution in [1.29, 1.82) is 0 Å². The van der Waals surface area contributed by atoms with Crippen LogP contribution >= 0.6 is 0 Å². The zero-order chi connectivity index (χ0) is 22.1. The molecule has 0 atom stereocenters. The quantitative estimate of drug-likeness (QED) is 0.650. The van der Waals surface area contributed by atoms with Gasteiger partial charge in [-0.05, 0) is 64.4 Å². The van der Waals surface area contributed by atoms with Crippen LogP contribution in [0.3, 0.4) is 0 Å². The fraction of sp³-hybridized carbons (Fsp3) is 0.304. The average Bonchev–Trinajstić information content (AvgIpc) is 2.64. The van der Waals surface area contributed by atoms with E-state index < -0.39 is 15.6 Å². The van der Waals surface area contributed by atoms with Crippen molar-refractivity contribution in [3.05, 3.63) is 70.9 Å². The smallest absolute Gasteiger partial charge is 0.252 e. The highest BCUT2D eigenvalue weighted by atomic mass is 32.2. The Kier molecular flexibility index (Phi) is 5.97. The summed E-state index contributed by atoms with van der Waals surface area (Å²) in [5, 5.41) is 3.64. The van der Waals surface area contributed by atoms with Crippen molar-refractivity contribution in [3.8, 4) is 0 Å². The molecule has 3 rings (SSSR count). The first-order valence-corrected chi connectivity index (χ1v) is 11.2. The van der Waals surface area contributed by atoms with E-state index in [1.807, 2.05) is 32.0 Å². The van der Waals surface area contributed by atoms with Crippen molar-refractivity contribution in [2.75, 3.05) is 0 Å². The molecule has 0 spiro atoms. The second kappa shape index (κ2) is 8.16. The van der Waals surface area contributed by atoms with E-state index in [0.717, 1.165) is 22.2 Å². The van der Waals surface area contributed by atoms with Crippen LogP contribution in [-0.4, -0.2) is 24.8 Å². The Bertz CT molecular complexity index is 1210. The number of carbonyl (C=O) groups is 1. The molecule has 0 aliphatic carbocycles. The molecule has 2 N–H and O–H groups in total. The van der Waals surface area contributed by atoms with E-state index in [0.29, 0.717) is 11.1 Å². The van der Waals surface area contributed by atoms with Gasteiger partial charge in [-0.25, -0.2) is 13.1 Å². The molecular formula is C23H27N3O3S. The predicted octanol–water partition coefficient (Wildman–Crippen LogP) is 3.86. The van der Waals surface area contributed by atoms with Gasteiger partial charge < -0.3 is 5.32 Å². The van der Waals surface area contributed by atoms with Crippen molar-refractivity contribution in [3.63, 3.8) is 0 Å². The van der Waals surface area contributed by atoms with Gasteiger partial charge in [0.05, 0.1) is 16.0 Å². The average molecular weight is 426 g/mol. The second-order valence-electron chi connectivity index (χ2n) is 8.48. The van der Waals surface area contributed by atoms with Crippen LogP contribution in [0.1, 0.15) is 48.0 Å². The number of benzene rings is 2. The summed E-state index contributed by atoms with van der Waals surface area (Å²) in [7, 11) is -3.72. The highest BCUT2D eigenvalue weighted by Crippen LogP contribution is 2.21. The Hall–Kier alpha value is -2.77. The molecule has 2 aromatic carbocycles. The summed E-state index contributed by atoms with van der Waals surface area (Å²) in [6, 6.07) is 14.2. The first-order valence-electron chi connectivity index (χ1n) is 9.74. The number of nitrogens with one attached hydrogen (secondary N) is 2. The van der Waals surface area contributed by atoms with Gasteiger partial charge in [0, 0.05) is 23.2 Å². The van der Waals surface area contributed by atoms with Crippen LogP contribution < -0.4 is 10.0 Å². The number of rotatable bonds is 5. The summed E-state index contributed by atoms with van der Waals surface area (Å²) in [5.41, 5.74) is 2.97. The van der Waals surface area contributed by atoms with Gasteiger partial charge in [-0.15, -0.1) is 0 Å². The number of hydrogen-bond acceptors (Lipinski definition) is 4. The summed E-state index contributed by atoms with van der Waals surface area (Å²) in [6.07, 6.45) is 0. The second-order valence-corrected chi connectivity index (χ2v) is 10.1. The molecule has 0 saturated carbocycles. The minimum atomic E-state index is -3.72. The summed E-state index contributed by atoms with van der Waals surface area (Å²) >= 11 is 0. The number of carbonyl (C=O) groups excluding carboxylic acids is 1. The zero-order valence-electron chi connectivity index (χ0n) is 17.9. The summed E-state index contributed by atoms with van der Waals surface area (Å²) < 4.78 is 28.3. The predicted molar refractivity (Wildman–Crippen MR) is 119 cm³/mol. The molecule has 1 aromatic heterocycles. The molecule has 1 heterocycles. The van der Waals surface area contributed by atoms with Gasteiger partial charge in [-0.3, -0.25) is 9.78 Å². The molecule has 0 aliphatic rings. The van der Waals surface area contributed by atoms with E-state index in [1.54, 1.807) is 51.1 Å². The number of pyridine rings is 1. The fourth-order valence-electron chi connectivity index (χ4n) is 3.30. The number of aryl methyl sites for hydroxylation is 2. The van der Waals surface area contributed by atoms with Crippen LogP contribution in [-0.2, 0) is 16.6 Å².